The third kappa shape index (κ3) is 2.81. The van der Waals surface area contributed by atoms with Gasteiger partial charge in [0.15, 0.2) is 5.65 Å². The fourth-order valence-electron chi connectivity index (χ4n) is 4.27. The summed E-state index contributed by atoms with van der Waals surface area (Å²) in [5.41, 5.74) is 2.97. The summed E-state index contributed by atoms with van der Waals surface area (Å²) in [7, 11) is -0.148. The van der Waals surface area contributed by atoms with Crippen molar-refractivity contribution in [2.75, 3.05) is 38.2 Å². The van der Waals surface area contributed by atoms with Crippen LogP contribution in [-0.2, 0) is 0 Å². The number of fused-ring (bicyclic) bond motifs is 2. The highest BCUT2D eigenvalue weighted by Gasteiger charge is 2.37. The quantitative estimate of drug-likeness (QED) is 0.442. The van der Waals surface area contributed by atoms with E-state index in [0.717, 1.165) is 31.7 Å². The molecule has 0 bridgehead atoms. The number of benzene rings is 1. The fourth-order valence-corrected chi connectivity index (χ4v) is 4.27. The molecule has 2 aliphatic heterocycles. The van der Waals surface area contributed by atoms with Crippen molar-refractivity contribution in [2.24, 2.45) is 11.8 Å². The molecule has 1 aromatic carbocycles. The van der Waals surface area contributed by atoms with Crippen molar-refractivity contribution in [3.63, 3.8) is 0 Å². The Kier molecular flexibility index (Phi) is 4.19. The summed E-state index contributed by atoms with van der Waals surface area (Å²) in [4.78, 5) is 19.2. The Hall–Kier alpha value is -2.69. The van der Waals surface area contributed by atoms with Gasteiger partial charge in [0.2, 0.25) is 5.95 Å². The van der Waals surface area contributed by atoms with E-state index in [1.807, 2.05) is 6.07 Å². The van der Waals surface area contributed by atoms with E-state index in [2.05, 4.69) is 25.2 Å². The standard InChI is InChI=1S/C18H21BN6O3/c1-28-14-3-2-10(4-13(14)19(26)27)15-16-17(22-9-21-16)24-18(23-15)25-7-11-5-20-6-12(11)8-25/h2-4,9,11-12,20,26-27H,5-8H2,1H3,(H,21,22,23,24). The zero-order valence-corrected chi connectivity index (χ0v) is 15.5. The molecule has 3 aromatic rings. The number of aromatic amines is 1. The van der Waals surface area contributed by atoms with Crippen molar-refractivity contribution in [1.29, 1.82) is 0 Å². The van der Waals surface area contributed by atoms with Crippen LogP contribution in [0.4, 0.5) is 5.95 Å². The molecule has 10 heteroatoms. The van der Waals surface area contributed by atoms with Gasteiger partial charge in [-0.3, -0.25) is 0 Å². The lowest BCUT2D eigenvalue weighted by molar-refractivity contribution is 0.403. The molecule has 9 nitrogen and oxygen atoms in total. The Morgan fingerprint density at radius 1 is 1.18 bits per heavy atom. The van der Waals surface area contributed by atoms with E-state index in [-0.39, 0.29) is 5.46 Å². The maximum Gasteiger partial charge on any atom is 0.492 e. The smallest absolute Gasteiger partial charge is 0.492 e. The van der Waals surface area contributed by atoms with Crippen LogP contribution in [0.3, 0.4) is 0 Å². The topological polar surface area (TPSA) is 119 Å². The average Bonchev–Trinajstić information content (AvgIpc) is 3.42. The Bertz CT molecular complexity index is 1010. The minimum absolute atomic E-state index is 0.283. The van der Waals surface area contributed by atoms with Crippen molar-refractivity contribution in [3.05, 3.63) is 24.5 Å². The Morgan fingerprint density at radius 3 is 2.68 bits per heavy atom. The fraction of sp³-hybridized carbons (Fsp3) is 0.389. The number of aromatic nitrogens is 4. The normalized spacial score (nSPS) is 21.3. The van der Waals surface area contributed by atoms with E-state index in [1.165, 1.54) is 7.11 Å². The average molecular weight is 380 g/mol. The van der Waals surface area contributed by atoms with Crippen molar-refractivity contribution < 1.29 is 14.8 Å². The number of imidazole rings is 1. The van der Waals surface area contributed by atoms with Crippen molar-refractivity contribution in [1.82, 2.24) is 25.3 Å². The van der Waals surface area contributed by atoms with Crippen LogP contribution in [0.15, 0.2) is 24.5 Å². The van der Waals surface area contributed by atoms with Gasteiger partial charge in [0.1, 0.15) is 17.0 Å². The van der Waals surface area contributed by atoms with E-state index in [1.54, 1.807) is 18.5 Å². The predicted octanol–water partition coefficient (Wildman–Crippen LogP) is -0.636. The molecule has 0 aliphatic carbocycles. The number of hydrogen-bond acceptors (Lipinski definition) is 8. The van der Waals surface area contributed by atoms with Gasteiger partial charge < -0.3 is 30.0 Å². The van der Waals surface area contributed by atoms with E-state index in [0.29, 0.717) is 40.4 Å². The molecule has 0 amide bonds. The molecule has 2 unspecified atom stereocenters. The number of ether oxygens (including phenoxy) is 1. The van der Waals surface area contributed by atoms with E-state index in [9.17, 15) is 10.0 Å². The third-order valence-electron chi connectivity index (χ3n) is 5.72. The Labute approximate surface area is 161 Å². The molecular weight excluding hydrogens is 359 g/mol. The highest BCUT2D eigenvalue weighted by atomic mass is 16.5. The van der Waals surface area contributed by atoms with E-state index >= 15 is 0 Å². The highest BCUT2D eigenvalue weighted by molar-refractivity contribution is 6.59. The number of hydrogen-bond donors (Lipinski definition) is 4. The van der Waals surface area contributed by atoms with Gasteiger partial charge in [0.05, 0.1) is 13.4 Å². The van der Waals surface area contributed by atoms with Crippen LogP contribution in [0.2, 0.25) is 0 Å². The summed E-state index contributed by atoms with van der Waals surface area (Å²) in [6, 6.07) is 5.22. The third-order valence-corrected chi connectivity index (χ3v) is 5.72. The van der Waals surface area contributed by atoms with Gasteiger partial charge in [-0.05, 0) is 30.0 Å². The van der Waals surface area contributed by atoms with Gasteiger partial charge in [-0.1, -0.05) is 0 Å². The Morgan fingerprint density at radius 2 is 1.96 bits per heavy atom. The number of methoxy groups -OCH3 is 1. The molecule has 2 fully saturated rings. The van der Waals surface area contributed by atoms with Gasteiger partial charge in [-0.2, -0.15) is 4.98 Å². The van der Waals surface area contributed by atoms with Gasteiger partial charge in [0.25, 0.3) is 0 Å². The van der Waals surface area contributed by atoms with Crippen LogP contribution in [0.25, 0.3) is 22.4 Å². The molecule has 2 saturated heterocycles. The lowest BCUT2D eigenvalue weighted by Crippen LogP contribution is -2.31. The largest absolute Gasteiger partial charge is 0.497 e. The molecule has 2 aliphatic rings. The second-order valence-electron chi connectivity index (χ2n) is 7.39. The molecule has 4 N–H and O–H groups in total. The predicted molar refractivity (Wildman–Crippen MR) is 106 cm³/mol. The number of anilines is 1. The molecule has 144 valence electrons. The molecular formula is C18H21BN6O3. The molecule has 2 aromatic heterocycles. The summed E-state index contributed by atoms with van der Waals surface area (Å²) in [6.45, 7) is 3.94. The van der Waals surface area contributed by atoms with Crippen LogP contribution in [0.1, 0.15) is 0 Å². The summed E-state index contributed by atoms with van der Waals surface area (Å²) >= 11 is 0. The molecule has 0 saturated carbocycles. The first kappa shape index (κ1) is 17.4. The molecule has 4 heterocycles. The van der Waals surface area contributed by atoms with Crippen LogP contribution < -0.4 is 20.4 Å². The summed E-state index contributed by atoms with van der Waals surface area (Å²) < 4.78 is 5.23. The summed E-state index contributed by atoms with van der Waals surface area (Å²) in [5, 5.41) is 22.9. The second-order valence-corrected chi connectivity index (χ2v) is 7.39. The Balaban J connectivity index is 1.60. The lowest BCUT2D eigenvalue weighted by atomic mass is 9.78. The SMILES string of the molecule is COc1ccc(-c2nc(N3CC4CNCC4C3)nc3[nH]cnc23)cc1B(O)O. The zero-order valence-electron chi connectivity index (χ0n) is 15.5. The molecule has 5 rings (SSSR count). The number of rotatable bonds is 4. The van der Waals surface area contributed by atoms with Crippen LogP contribution >= 0.6 is 0 Å². The first-order valence-electron chi connectivity index (χ1n) is 9.35. The second kappa shape index (κ2) is 6.73. The summed E-state index contributed by atoms with van der Waals surface area (Å²) in [5.74, 6) is 2.33. The van der Waals surface area contributed by atoms with Gasteiger partial charge in [-0.25, -0.2) is 9.97 Å². The van der Waals surface area contributed by atoms with Crippen LogP contribution in [-0.4, -0.2) is 70.4 Å². The first-order chi connectivity index (χ1) is 13.6. The lowest BCUT2D eigenvalue weighted by Gasteiger charge is -2.18. The van der Waals surface area contributed by atoms with Crippen molar-refractivity contribution in [2.45, 2.75) is 0 Å². The van der Waals surface area contributed by atoms with Crippen molar-refractivity contribution >= 4 is 29.7 Å². The number of H-pyrrole nitrogens is 1. The van der Waals surface area contributed by atoms with Gasteiger partial charge in [0, 0.05) is 37.2 Å². The van der Waals surface area contributed by atoms with Gasteiger partial charge >= 0.3 is 7.12 Å². The monoisotopic (exact) mass is 380 g/mol. The minimum atomic E-state index is -1.64. The number of nitrogens with zero attached hydrogens (tertiary/aromatic N) is 4. The van der Waals surface area contributed by atoms with E-state index in [4.69, 9.17) is 9.72 Å². The van der Waals surface area contributed by atoms with Gasteiger partial charge in [-0.15, -0.1) is 0 Å². The molecule has 2 atom stereocenters. The number of nitrogens with one attached hydrogen (secondary N) is 2. The molecule has 0 spiro atoms. The maximum atomic E-state index is 9.71. The van der Waals surface area contributed by atoms with Crippen LogP contribution in [0, 0.1) is 11.8 Å². The molecule has 0 radical (unpaired) electrons. The minimum Gasteiger partial charge on any atom is -0.497 e. The van der Waals surface area contributed by atoms with Crippen LogP contribution in [0.5, 0.6) is 5.75 Å². The van der Waals surface area contributed by atoms with E-state index < -0.39 is 7.12 Å². The highest BCUT2D eigenvalue weighted by Crippen LogP contribution is 2.32. The maximum absolute atomic E-state index is 9.71. The zero-order chi connectivity index (χ0) is 19.3. The first-order valence-corrected chi connectivity index (χ1v) is 9.35. The summed E-state index contributed by atoms with van der Waals surface area (Å²) in [6.07, 6.45) is 1.60. The molecule has 28 heavy (non-hydrogen) atoms. The van der Waals surface area contributed by atoms with Crippen molar-refractivity contribution in [3.8, 4) is 17.0 Å².